The topological polar surface area (TPSA) is 95.5 Å². The molecule has 0 aliphatic carbocycles. The van der Waals surface area contributed by atoms with E-state index >= 15 is 0 Å². The fraction of sp³-hybridized carbons (Fsp3) is 0.833. The summed E-state index contributed by atoms with van der Waals surface area (Å²) in [6, 6.07) is -1.73. The van der Waals surface area contributed by atoms with Crippen LogP contribution < -0.4 is 5.73 Å². The maximum atomic E-state index is 10.7. The highest BCUT2D eigenvalue weighted by atomic mass is 16.6. The monoisotopic (exact) mass is 176 g/mol. The number of hydrogen-bond acceptors (Lipinski definition) is 5. The van der Waals surface area contributed by atoms with Crippen molar-refractivity contribution in [2.75, 3.05) is 7.11 Å². The molecule has 0 aromatic carbocycles. The van der Waals surface area contributed by atoms with E-state index in [1.54, 1.807) is 0 Å². The van der Waals surface area contributed by atoms with Crippen molar-refractivity contribution in [2.45, 2.75) is 25.4 Å². The second-order valence-corrected chi connectivity index (χ2v) is 2.50. The molecule has 0 aliphatic rings. The van der Waals surface area contributed by atoms with Crippen LogP contribution in [0.3, 0.4) is 0 Å². The highest BCUT2D eigenvalue weighted by Gasteiger charge is 2.22. The molecule has 6 nitrogen and oxygen atoms in total. The molecule has 0 radical (unpaired) electrons. The van der Waals surface area contributed by atoms with Crippen molar-refractivity contribution in [2.24, 2.45) is 5.73 Å². The number of ether oxygens (including phenoxy) is 1. The molecule has 0 saturated carbocycles. The van der Waals surface area contributed by atoms with Crippen molar-refractivity contribution in [1.82, 2.24) is 0 Å². The van der Waals surface area contributed by atoms with Crippen molar-refractivity contribution in [3.05, 3.63) is 10.1 Å². The molecule has 0 aliphatic heterocycles. The van der Waals surface area contributed by atoms with Gasteiger partial charge in [-0.2, -0.15) is 0 Å². The van der Waals surface area contributed by atoms with Gasteiger partial charge >= 0.3 is 5.97 Å². The standard InChI is InChI=1S/C6H12N2O4/c1-4(8(10)11)3-5(7)6(9)12-2/h4-5H,3,7H2,1-2H3/t4-,5-/m0/s1. The summed E-state index contributed by atoms with van der Waals surface area (Å²) in [5.41, 5.74) is 5.29. The summed E-state index contributed by atoms with van der Waals surface area (Å²) in [6.07, 6.45) is -0.000324. The van der Waals surface area contributed by atoms with E-state index in [1.807, 2.05) is 0 Å². The minimum Gasteiger partial charge on any atom is -0.468 e. The molecular weight excluding hydrogens is 164 g/mol. The van der Waals surface area contributed by atoms with Crippen LogP contribution in [0.2, 0.25) is 0 Å². The van der Waals surface area contributed by atoms with Gasteiger partial charge in [0.15, 0.2) is 0 Å². The zero-order valence-electron chi connectivity index (χ0n) is 7.02. The van der Waals surface area contributed by atoms with Gasteiger partial charge in [-0.25, -0.2) is 0 Å². The Balaban J connectivity index is 3.91. The summed E-state index contributed by atoms with van der Waals surface area (Å²) in [7, 11) is 1.19. The molecular formula is C6H12N2O4. The Bertz CT molecular complexity index is 182. The lowest BCUT2D eigenvalue weighted by molar-refractivity contribution is -0.519. The number of methoxy groups -OCH3 is 1. The largest absolute Gasteiger partial charge is 0.468 e. The first kappa shape index (κ1) is 10.8. The number of esters is 1. The van der Waals surface area contributed by atoms with Crippen molar-refractivity contribution < 1.29 is 14.5 Å². The van der Waals surface area contributed by atoms with Gasteiger partial charge in [-0.05, 0) is 0 Å². The van der Waals surface area contributed by atoms with E-state index in [0.717, 1.165) is 0 Å². The van der Waals surface area contributed by atoms with Crippen LogP contribution in [0.25, 0.3) is 0 Å². The van der Waals surface area contributed by atoms with Gasteiger partial charge < -0.3 is 10.5 Å². The minimum atomic E-state index is -0.907. The molecule has 0 unspecified atom stereocenters. The fourth-order valence-corrected chi connectivity index (χ4v) is 0.701. The van der Waals surface area contributed by atoms with Gasteiger partial charge in [0, 0.05) is 18.3 Å². The Morgan fingerprint density at radius 3 is 2.58 bits per heavy atom. The zero-order valence-corrected chi connectivity index (χ0v) is 7.02. The van der Waals surface area contributed by atoms with Gasteiger partial charge in [-0.3, -0.25) is 14.9 Å². The maximum Gasteiger partial charge on any atom is 0.322 e. The Hall–Kier alpha value is -1.17. The number of carbonyl (C=O) groups excluding carboxylic acids is 1. The summed E-state index contributed by atoms with van der Waals surface area (Å²) in [5.74, 6) is -0.622. The molecule has 0 rings (SSSR count). The van der Waals surface area contributed by atoms with Gasteiger partial charge in [-0.15, -0.1) is 0 Å². The van der Waals surface area contributed by atoms with Crippen LogP contribution in [0, 0.1) is 10.1 Å². The van der Waals surface area contributed by atoms with Crippen LogP contribution >= 0.6 is 0 Å². The van der Waals surface area contributed by atoms with Crippen LogP contribution in [-0.4, -0.2) is 30.1 Å². The van der Waals surface area contributed by atoms with E-state index in [9.17, 15) is 14.9 Å². The predicted octanol–water partition coefficient (Wildman–Crippen LogP) is -0.458. The van der Waals surface area contributed by atoms with Crippen LogP contribution in [0.1, 0.15) is 13.3 Å². The molecule has 6 heteroatoms. The average Bonchev–Trinajstić information content (AvgIpc) is 2.02. The van der Waals surface area contributed by atoms with E-state index in [-0.39, 0.29) is 6.42 Å². The molecule has 70 valence electrons. The van der Waals surface area contributed by atoms with Crippen molar-refractivity contribution in [3.8, 4) is 0 Å². The van der Waals surface area contributed by atoms with E-state index in [1.165, 1.54) is 14.0 Å². The molecule has 0 spiro atoms. The zero-order chi connectivity index (χ0) is 9.72. The van der Waals surface area contributed by atoms with E-state index < -0.39 is 23.0 Å². The average molecular weight is 176 g/mol. The Labute approximate surface area is 69.8 Å². The van der Waals surface area contributed by atoms with Gasteiger partial charge in [-0.1, -0.05) is 0 Å². The third kappa shape index (κ3) is 3.29. The van der Waals surface area contributed by atoms with E-state index in [2.05, 4.69) is 4.74 Å². The number of rotatable bonds is 4. The number of hydrogen-bond donors (Lipinski definition) is 1. The second-order valence-electron chi connectivity index (χ2n) is 2.50. The number of nitro groups is 1. The summed E-state index contributed by atoms with van der Waals surface area (Å²) in [5, 5.41) is 10.1. The van der Waals surface area contributed by atoms with Crippen LogP contribution in [0.5, 0.6) is 0 Å². The van der Waals surface area contributed by atoms with Crippen molar-refractivity contribution >= 4 is 5.97 Å². The second kappa shape index (κ2) is 4.66. The normalized spacial score (nSPS) is 14.9. The molecule has 0 fully saturated rings. The third-order valence-corrected chi connectivity index (χ3v) is 1.46. The molecule has 2 N–H and O–H groups in total. The number of nitrogens with zero attached hydrogens (tertiary/aromatic N) is 1. The van der Waals surface area contributed by atoms with Crippen molar-refractivity contribution in [3.63, 3.8) is 0 Å². The third-order valence-electron chi connectivity index (χ3n) is 1.46. The maximum absolute atomic E-state index is 10.7. The van der Waals surface area contributed by atoms with Gasteiger partial charge in [0.05, 0.1) is 7.11 Å². The van der Waals surface area contributed by atoms with Crippen LogP contribution in [0.4, 0.5) is 0 Å². The lowest BCUT2D eigenvalue weighted by Crippen LogP contribution is -2.36. The summed E-state index contributed by atoms with van der Waals surface area (Å²) < 4.78 is 4.31. The lowest BCUT2D eigenvalue weighted by Gasteiger charge is -2.09. The first-order chi connectivity index (χ1) is 5.49. The minimum absolute atomic E-state index is 0.000324. The van der Waals surface area contributed by atoms with Crippen LogP contribution in [0.15, 0.2) is 0 Å². The lowest BCUT2D eigenvalue weighted by atomic mass is 10.1. The van der Waals surface area contributed by atoms with Gasteiger partial charge in [0.1, 0.15) is 6.04 Å². The summed E-state index contributed by atoms with van der Waals surface area (Å²) >= 11 is 0. The molecule has 0 amide bonds. The molecule has 0 saturated heterocycles. The molecule has 0 aromatic heterocycles. The Kier molecular flexibility index (Phi) is 4.20. The number of nitrogens with two attached hydrogens (primary N) is 1. The molecule has 0 heterocycles. The van der Waals surface area contributed by atoms with E-state index in [4.69, 9.17) is 5.73 Å². The number of carbonyl (C=O) groups is 1. The Morgan fingerprint density at radius 2 is 2.25 bits per heavy atom. The van der Waals surface area contributed by atoms with Gasteiger partial charge in [0.2, 0.25) is 6.04 Å². The Morgan fingerprint density at radius 1 is 1.75 bits per heavy atom. The first-order valence-corrected chi connectivity index (χ1v) is 3.46. The first-order valence-electron chi connectivity index (χ1n) is 3.46. The quantitative estimate of drug-likeness (QED) is 0.355. The molecule has 0 bridgehead atoms. The van der Waals surface area contributed by atoms with Gasteiger partial charge in [0.25, 0.3) is 0 Å². The molecule has 0 aromatic rings. The molecule has 2 atom stereocenters. The highest BCUT2D eigenvalue weighted by molar-refractivity contribution is 5.75. The fourth-order valence-electron chi connectivity index (χ4n) is 0.701. The molecule has 12 heavy (non-hydrogen) atoms. The van der Waals surface area contributed by atoms with Crippen molar-refractivity contribution in [1.29, 1.82) is 0 Å². The summed E-state index contributed by atoms with van der Waals surface area (Å²) in [4.78, 5) is 20.4. The highest BCUT2D eigenvalue weighted by Crippen LogP contribution is 2.00. The summed E-state index contributed by atoms with van der Waals surface area (Å²) in [6.45, 7) is 1.39. The van der Waals surface area contributed by atoms with Crippen LogP contribution in [-0.2, 0) is 9.53 Å². The predicted molar refractivity (Wildman–Crippen MR) is 41.1 cm³/mol. The smallest absolute Gasteiger partial charge is 0.322 e. The SMILES string of the molecule is COC(=O)[C@@H](N)C[C@H](C)[N+](=O)[O-]. The van der Waals surface area contributed by atoms with E-state index in [0.29, 0.717) is 0 Å².